The molecule has 0 fully saturated rings. The molecular weight excluding hydrogens is 212 g/mol. The molecule has 1 aliphatic rings. The van der Waals surface area contributed by atoms with E-state index in [1.54, 1.807) is 12.3 Å². The lowest BCUT2D eigenvalue weighted by Crippen LogP contribution is -2.02. The molecule has 0 amide bonds. The molecule has 0 bridgehead atoms. The number of pyridine rings is 1. The van der Waals surface area contributed by atoms with Gasteiger partial charge in [-0.3, -0.25) is 4.98 Å². The molecule has 1 aliphatic heterocycles. The molecule has 0 saturated carbocycles. The summed E-state index contributed by atoms with van der Waals surface area (Å²) < 4.78 is 5.84. The molecule has 1 aromatic carbocycles. The van der Waals surface area contributed by atoms with Crippen LogP contribution in [0.4, 0.5) is 0 Å². The van der Waals surface area contributed by atoms with Crippen LogP contribution in [0.1, 0.15) is 22.8 Å². The van der Waals surface area contributed by atoms with Gasteiger partial charge in [-0.05, 0) is 29.8 Å². The molecule has 0 radical (unpaired) electrons. The fraction of sp³-hybridized carbons (Fsp3) is 0.143. The van der Waals surface area contributed by atoms with Crippen molar-refractivity contribution in [3.8, 4) is 11.8 Å². The van der Waals surface area contributed by atoms with Gasteiger partial charge in [-0.2, -0.15) is 5.26 Å². The van der Waals surface area contributed by atoms with Crippen LogP contribution in [0, 0.1) is 11.3 Å². The van der Waals surface area contributed by atoms with E-state index >= 15 is 0 Å². The van der Waals surface area contributed by atoms with Crippen LogP contribution in [0.25, 0.3) is 0 Å². The minimum atomic E-state index is 0.0210. The zero-order valence-electron chi connectivity index (χ0n) is 9.13. The third-order valence-corrected chi connectivity index (χ3v) is 2.92. The van der Waals surface area contributed by atoms with Crippen molar-refractivity contribution in [3.63, 3.8) is 0 Å². The van der Waals surface area contributed by atoms with E-state index in [0.717, 1.165) is 23.3 Å². The third-order valence-electron chi connectivity index (χ3n) is 2.92. The van der Waals surface area contributed by atoms with Crippen LogP contribution in [0.3, 0.4) is 0 Å². The highest BCUT2D eigenvalue weighted by molar-refractivity contribution is 5.45. The van der Waals surface area contributed by atoms with Gasteiger partial charge in [0, 0.05) is 24.4 Å². The molecule has 2 heterocycles. The summed E-state index contributed by atoms with van der Waals surface area (Å²) in [5, 5.41) is 8.85. The largest absolute Gasteiger partial charge is 0.485 e. The number of nitrogens with zero attached hydrogens (tertiary/aromatic N) is 2. The van der Waals surface area contributed by atoms with Gasteiger partial charge in [-0.1, -0.05) is 6.07 Å². The average molecular weight is 222 g/mol. The van der Waals surface area contributed by atoms with Gasteiger partial charge in [0.2, 0.25) is 0 Å². The second-order valence-electron chi connectivity index (χ2n) is 4.03. The zero-order valence-corrected chi connectivity index (χ0v) is 9.13. The standard InChI is InChI=1S/C14H10N2O/c15-8-10-3-4-13-12(6-10)7-14(17-13)11-2-1-5-16-9-11/h1-6,9,14H,7H2. The summed E-state index contributed by atoms with van der Waals surface area (Å²) in [5.74, 6) is 0.873. The summed E-state index contributed by atoms with van der Waals surface area (Å²) in [7, 11) is 0. The lowest BCUT2D eigenvalue weighted by molar-refractivity contribution is 0.238. The molecule has 17 heavy (non-hydrogen) atoms. The number of benzene rings is 1. The van der Waals surface area contributed by atoms with Crippen LogP contribution in [-0.4, -0.2) is 4.98 Å². The number of rotatable bonds is 1. The van der Waals surface area contributed by atoms with Crippen LogP contribution in [0.15, 0.2) is 42.7 Å². The van der Waals surface area contributed by atoms with E-state index in [2.05, 4.69) is 11.1 Å². The Morgan fingerprint density at radius 3 is 3.06 bits per heavy atom. The minimum Gasteiger partial charge on any atom is -0.485 e. The fourth-order valence-electron chi connectivity index (χ4n) is 2.07. The molecule has 3 nitrogen and oxygen atoms in total. The summed E-state index contributed by atoms with van der Waals surface area (Å²) in [6, 6.07) is 11.6. The highest BCUT2D eigenvalue weighted by atomic mass is 16.5. The number of fused-ring (bicyclic) bond motifs is 1. The van der Waals surface area contributed by atoms with E-state index in [1.807, 2.05) is 30.5 Å². The maximum Gasteiger partial charge on any atom is 0.129 e. The minimum absolute atomic E-state index is 0.0210. The molecule has 0 aliphatic carbocycles. The topological polar surface area (TPSA) is 45.9 Å². The van der Waals surface area contributed by atoms with Gasteiger partial charge in [-0.15, -0.1) is 0 Å². The summed E-state index contributed by atoms with van der Waals surface area (Å²) in [4.78, 5) is 4.09. The van der Waals surface area contributed by atoms with Crippen molar-refractivity contribution < 1.29 is 4.74 Å². The number of aromatic nitrogens is 1. The second kappa shape index (κ2) is 3.91. The van der Waals surface area contributed by atoms with Crippen molar-refractivity contribution in [2.45, 2.75) is 12.5 Å². The van der Waals surface area contributed by atoms with Crippen molar-refractivity contribution in [2.75, 3.05) is 0 Å². The fourth-order valence-corrected chi connectivity index (χ4v) is 2.07. The first-order valence-electron chi connectivity index (χ1n) is 5.46. The molecule has 3 rings (SSSR count). The summed E-state index contributed by atoms with van der Waals surface area (Å²) in [6.07, 6.45) is 4.39. The molecular formula is C14H10N2O. The van der Waals surface area contributed by atoms with E-state index < -0.39 is 0 Å². The van der Waals surface area contributed by atoms with E-state index in [-0.39, 0.29) is 6.10 Å². The van der Waals surface area contributed by atoms with Gasteiger partial charge in [0.1, 0.15) is 11.9 Å². The lowest BCUT2D eigenvalue weighted by Gasteiger charge is -2.09. The van der Waals surface area contributed by atoms with Crippen molar-refractivity contribution in [1.82, 2.24) is 4.98 Å². The Hall–Kier alpha value is -2.34. The van der Waals surface area contributed by atoms with Crippen LogP contribution in [-0.2, 0) is 6.42 Å². The maximum absolute atomic E-state index is 8.85. The Kier molecular flexibility index (Phi) is 2.27. The number of nitriles is 1. The first-order valence-corrected chi connectivity index (χ1v) is 5.46. The first-order chi connectivity index (χ1) is 8.36. The Morgan fingerprint density at radius 1 is 1.35 bits per heavy atom. The van der Waals surface area contributed by atoms with Gasteiger partial charge < -0.3 is 4.74 Å². The Labute approximate surface area is 99.3 Å². The molecule has 82 valence electrons. The van der Waals surface area contributed by atoms with Crippen molar-refractivity contribution >= 4 is 0 Å². The van der Waals surface area contributed by atoms with Gasteiger partial charge in [0.05, 0.1) is 11.6 Å². The SMILES string of the molecule is N#Cc1ccc2c(c1)CC(c1cccnc1)O2. The Morgan fingerprint density at radius 2 is 2.29 bits per heavy atom. The summed E-state index contributed by atoms with van der Waals surface area (Å²) in [6.45, 7) is 0. The van der Waals surface area contributed by atoms with Crippen LogP contribution in [0.5, 0.6) is 5.75 Å². The van der Waals surface area contributed by atoms with Crippen LogP contribution >= 0.6 is 0 Å². The molecule has 1 atom stereocenters. The van der Waals surface area contributed by atoms with Crippen LogP contribution in [0.2, 0.25) is 0 Å². The number of hydrogen-bond donors (Lipinski definition) is 0. The van der Waals surface area contributed by atoms with E-state index in [1.165, 1.54) is 0 Å². The van der Waals surface area contributed by atoms with E-state index in [9.17, 15) is 0 Å². The molecule has 0 spiro atoms. The number of ether oxygens (including phenoxy) is 1. The normalized spacial score (nSPS) is 17.0. The molecule has 0 saturated heterocycles. The van der Waals surface area contributed by atoms with E-state index in [4.69, 9.17) is 10.00 Å². The average Bonchev–Trinajstić information content (AvgIpc) is 2.82. The molecule has 1 aromatic heterocycles. The molecule has 0 N–H and O–H groups in total. The highest BCUT2D eigenvalue weighted by Crippen LogP contribution is 2.36. The Balaban J connectivity index is 1.91. The monoisotopic (exact) mass is 222 g/mol. The third kappa shape index (κ3) is 1.74. The quantitative estimate of drug-likeness (QED) is 0.745. The summed E-state index contributed by atoms with van der Waals surface area (Å²) in [5.41, 5.74) is 2.85. The predicted octanol–water partition coefficient (Wildman–Crippen LogP) is 2.63. The first kappa shape index (κ1) is 9.86. The van der Waals surface area contributed by atoms with Gasteiger partial charge >= 0.3 is 0 Å². The highest BCUT2D eigenvalue weighted by Gasteiger charge is 2.24. The smallest absolute Gasteiger partial charge is 0.129 e. The van der Waals surface area contributed by atoms with E-state index in [0.29, 0.717) is 5.56 Å². The second-order valence-corrected chi connectivity index (χ2v) is 4.03. The number of hydrogen-bond acceptors (Lipinski definition) is 3. The van der Waals surface area contributed by atoms with Gasteiger partial charge in [-0.25, -0.2) is 0 Å². The van der Waals surface area contributed by atoms with Crippen molar-refractivity contribution in [2.24, 2.45) is 0 Å². The van der Waals surface area contributed by atoms with Crippen molar-refractivity contribution in [1.29, 1.82) is 5.26 Å². The van der Waals surface area contributed by atoms with Gasteiger partial charge in [0.15, 0.2) is 0 Å². The zero-order chi connectivity index (χ0) is 11.7. The lowest BCUT2D eigenvalue weighted by atomic mass is 10.0. The summed E-state index contributed by atoms with van der Waals surface area (Å²) >= 11 is 0. The van der Waals surface area contributed by atoms with Gasteiger partial charge in [0.25, 0.3) is 0 Å². The Bertz CT molecular complexity index is 587. The molecule has 1 unspecified atom stereocenters. The molecule has 2 aromatic rings. The maximum atomic E-state index is 8.85. The van der Waals surface area contributed by atoms with Crippen molar-refractivity contribution in [3.05, 3.63) is 59.4 Å². The van der Waals surface area contributed by atoms with Crippen LogP contribution < -0.4 is 4.74 Å². The predicted molar refractivity (Wildman–Crippen MR) is 62.5 cm³/mol. The molecule has 3 heteroatoms.